The van der Waals surface area contributed by atoms with Gasteiger partial charge in [0.15, 0.2) is 0 Å². The number of carboxylic acid groups (broad SMARTS) is 1. The molecule has 1 fully saturated rings. The van der Waals surface area contributed by atoms with Crippen molar-refractivity contribution in [3.05, 3.63) is 21.9 Å². The summed E-state index contributed by atoms with van der Waals surface area (Å²) in [5, 5.41) is 11.7. The van der Waals surface area contributed by atoms with Gasteiger partial charge >= 0.3 is 5.97 Å². The summed E-state index contributed by atoms with van der Waals surface area (Å²) in [7, 11) is 0. The van der Waals surface area contributed by atoms with Crippen LogP contribution in [0.4, 0.5) is 0 Å². The van der Waals surface area contributed by atoms with Crippen LogP contribution in [0.15, 0.2) is 12.1 Å². The van der Waals surface area contributed by atoms with Gasteiger partial charge < -0.3 is 10.4 Å². The smallest absolute Gasteiger partial charge is 0.345 e. The molecule has 1 aliphatic carbocycles. The number of nitrogens with one attached hydrogen (secondary N) is 1. The molecule has 0 aromatic carbocycles. The summed E-state index contributed by atoms with van der Waals surface area (Å²) in [6, 6.07) is 3.05. The summed E-state index contributed by atoms with van der Waals surface area (Å²) in [5.74, 6) is 0.239. The molecule has 2 rings (SSSR count). The van der Waals surface area contributed by atoms with Crippen molar-refractivity contribution in [2.45, 2.75) is 32.6 Å². The number of amides is 1. The minimum Gasteiger partial charge on any atom is -0.477 e. The lowest BCUT2D eigenvalue weighted by Crippen LogP contribution is -2.30. The number of carboxylic acids is 1. The Bertz CT molecular complexity index is 461. The second-order valence-corrected chi connectivity index (χ2v) is 6.39. The van der Waals surface area contributed by atoms with Crippen LogP contribution in [0.2, 0.25) is 0 Å². The number of carbonyl (C=O) groups excluding carboxylic acids is 1. The third-order valence-electron chi connectivity index (χ3n) is 3.73. The minimum absolute atomic E-state index is 0.156. The van der Waals surface area contributed by atoms with Gasteiger partial charge in [0, 0.05) is 6.54 Å². The molecule has 0 radical (unpaired) electrons. The Kier molecular flexibility index (Phi) is 4.58. The molecular weight excluding hydrogens is 262 g/mol. The molecule has 0 atom stereocenters. The Morgan fingerprint density at radius 2 is 1.89 bits per heavy atom. The molecule has 19 heavy (non-hydrogen) atoms. The zero-order valence-corrected chi connectivity index (χ0v) is 11.8. The van der Waals surface area contributed by atoms with Gasteiger partial charge in [-0.3, -0.25) is 4.79 Å². The molecule has 1 heterocycles. The van der Waals surface area contributed by atoms with E-state index in [1.165, 1.54) is 31.7 Å². The number of carbonyl (C=O) groups is 2. The highest BCUT2D eigenvalue weighted by Crippen LogP contribution is 2.27. The Hall–Kier alpha value is -1.36. The van der Waals surface area contributed by atoms with Crippen molar-refractivity contribution in [3.8, 4) is 0 Å². The summed E-state index contributed by atoms with van der Waals surface area (Å²) in [6.45, 7) is 2.97. The zero-order chi connectivity index (χ0) is 13.8. The molecule has 2 N–H and O–H groups in total. The van der Waals surface area contributed by atoms with Gasteiger partial charge in [-0.1, -0.05) is 19.8 Å². The van der Waals surface area contributed by atoms with Gasteiger partial charge in [-0.2, -0.15) is 0 Å². The standard InChI is InChI=1S/C14H19NO3S/c1-9-2-4-10(5-3-9)8-15-13(16)11-6-7-12(19-11)14(17)18/h6-7,9-10H,2-5,8H2,1H3,(H,15,16)(H,17,18). The molecule has 1 aromatic heterocycles. The second kappa shape index (κ2) is 6.19. The summed E-state index contributed by atoms with van der Waals surface area (Å²) < 4.78 is 0. The van der Waals surface area contributed by atoms with Gasteiger partial charge in [0.25, 0.3) is 5.91 Å². The molecule has 0 bridgehead atoms. The van der Waals surface area contributed by atoms with Crippen LogP contribution in [0, 0.1) is 11.8 Å². The van der Waals surface area contributed by atoms with E-state index in [2.05, 4.69) is 12.2 Å². The first-order valence-electron chi connectivity index (χ1n) is 6.67. The van der Waals surface area contributed by atoms with Gasteiger partial charge in [-0.15, -0.1) is 11.3 Å². The molecule has 1 aromatic rings. The van der Waals surface area contributed by atoms with Gasteiger partial charge in [0.05, 0.1) is 4.88 Å². The number of thiophene rings is 1. The van der Waals surface area contributed by atoms with Crippen LogP contribution in [0.1, 0.15) is 52.0 Å². The molecule has 0 unspecified atom stereocenters. The lowest BCUT2D eigenvalue weighted by atomic mass is 9.83. The van der Waals surface area contributed by atoms with E-state index in [0.29, 0.717) is 17.3 Å². The van der Waals surface area contributed by atoms with Crippen molar-refractivity contribution in [1.29, 1.82) is 0 Å². The van der Waals surface area contributed by atoms with Crippen LogP contribution in [-0.4, -0.2) is 23.5 Å². The van der Waals surface area contributed by atoms with Gasteiger partial charge in [-0.25, -0.2) is 4.79 Å². The predicted octanol–water partition coefficient (Wildman–Crippen LogP) is 3.00. The highest BCUT2D eigenvalue weighted by atomic mass is 32.1. The van der Waals surface area contributed by atoms with Crippen molar-refractivity contribution in [1.82, 2.24) is 5.32 Å². The molecule has 1 amide bonds. The quantitative estimate of drug-likeness (QED) is 0.891. The fourth-order valence-electron chi connectivity index (χ4n) is 2.43. The van der Waals surface area contributed by atoms with Crippen LogP contribution in [-0.2, 0) is 0 Å². The minimum atomic E-state index is -0.981. The van der Waals surface area contributed by atoms with E-state index in [-0.39, 0.29) is 10.8 Å². The maximum atomic E-state index is 11.9. The van der Waals surface area contributed by atoms with Crippen molar-refractivity contribution in [2.75, 3.05) is 6.54 Å². The monoisotopic (exact) mass is 281 g/mol. The first-order chi connectivity index (χ1) is 9.06. The van der Waals surface area contributed by atoms with Crippen molar-refractivity contribution < 1.29 is 14.7 Å². The molecule has 1 aliphatic rings. The Balaban J connectivity index is 1.82. The molecule has 1 saturated carbocycles. The highest BCUT2D eigenvalue weighted by molar-refractivity contribution is 7.15. The van der Waals surface area contributed by atoms with Crippen LogP contribution in [0.3, 0.4) is 0 Å². The van der Waals surface area contributed by atoms with E-state index < -0.39 is 5.97 Å². The van der Waals surface area contributed by atoms with Crippen LogP contribution < -0.4 is 5.32 Å². The first-order valence-corrected chi connectivity index (χ1v) is 7.49. The van der Waals surface area contributed by atoms with Crippen molar-refractivity contribution in [3.63, 3.8) is 0 Å². The molecule has 4 nitrogen and oxygen atoms in total. The molecular formula is C14H19NO3S. The summed E-state index contributed by atoms with van der Waals surface area (Å²) in [6.07, 6.45) is 4.82. The van der Waals surface area contributed by atoms with E-state index in [1.54, 1.807) is 6.07 Å². The fraction of sp³-hybridized carbons (Fsp3) is 0.571. The Morgan fingerprint density at radius 1 is 1.26 bits per heavy atom. The van der Waals surface area contributed by atoms with Crippen LogP contribution in [0.5, 0.6) is 0 Å². The summed E-state index contributed by atoms with van der Waals surface area (Å²) in [5.41, 5.74) is 0. The number of hydrogen-bond donors (Lipinski definition) is 2. The Labute approximate surface area is 116 Å². The average Bonchev–Trinajstić information content (AvgIpc) is 2.87. The van der Waals surface area contributed by atoms with Gasteiger partial charge in [0.2, 0.25) is 0 Å². The molecule has 0 saturated heterocycles. The highest BCUT2D eigenvalue weighted by Gasteiger charge is 2.19. The third kappa shape index (κ3) is 3.80. The van der Waals surface area contributed by atoms with E-state index in [1.807, 2.05) is 0 Å². The maximum absolute atomic E-state index is 11.9. The average molecular weight is 281 g/mol. The zero-order valence-electron chi connectivity index (χ0n) is 11.0. The summed E-state index contributed by atoms with van der Waals surface area (Å²) in [4.78, 5) is 23.3. The molecule has 5 heteroatoms. The lowest BCUT2D eigenvalue weighted by Gasteiger charge is -2.26. The normalized spacial score (nSPS) is 23.0. The van der Waals surface area contributed by atoms with Crippen molar-refractivity contribution in [2.24, 2.45) is 11.8 Å². The van der Waals surface area contributed by atoms with Gasteiger partial charge in [0.1, 0.15) is 4.88 Å². The van der Waals surface area contributed by atoms with E-state index in [4.69, 9.17) is 5.11 Å². The second-order valence-electron chi connectivity index (χ2n) is 5.30. The summed E-state index contributed by atoms with van der Waals surface area (Å²) >= 11 is 1.02. The molecule has 0 spiro atoms. The molecule has 104 valence electrons. The van der Waals surface area contributed by atoms with Crippen LogP contribution in [0.25, 0.3) is 0 Å². The third-order valence-corrected chi connectivity index (χ3v) is 4.80. The number of aromatic carboxylic acids is 1. The topological polar surface area (TPSA) is 66.4 Å². The first kappa shape index (κ1) is 14.1. The molecule has 0 aliphatic heterocycles. The largest absolute Gasteiger partial charge is 0.477 e. The fourth-order valence-corrected chi connectivity index (χ4v) is 3.19. The van der Waals surface area contributed by atoms with E-state index >= 15 is 0 Å². The van der Waals surface area contributed by atoms with E-state index in [0.717, 1.165) is 17.3 Å². The lowest BCUT2D eigenvalue weighted by molar-refractivity contribution is 0.0702. The SMILES string of the molecule is CC1CCC(CNC(=O)c2ccc(C(=O)O)s2)CC1. The van der Waals surface area contributed by atoms with E-state index in [9.17, 15) is 9.59 Å². The maximum Gasteiger partial charge on any atom is 0.345 e. The number of hydrogen-bond acceptors (Lipinski definition) is 3. The van der Waals surface area contributed by atoms with Gasteiger partial charge in [-0.05, 0) is 36.8 Å². The predicted molar refractivity (Wildman–Crippen MR) is 74.7 cm³/mol. The van der Waals surface area contributed by atoms with Crippen LogP contribution >= 0.6 is 11.3 Å². The Morgan fingerprint density at radius 3 is 2.47 bits per heavy atom. The number of rotatable bonds is 4. The van der Waals surface area contributed by atoms with Crippen molar-refractivity contribution >= 4 is 23.2 Å².